The van der Waals surface area contributed by atoms with E-state index in [1.807, 2.05) is 18.2 Å². The van der Waals surface area contributed by atoms with Crippen molar-refractivity contribution in [2.24, 2.45) is 0 Å². The minimum Gasteiger partial charge on any atom is -0.387 e. The molecule has 0 amide bonds. The summed E-state index contributed by atoms with van der Waals surface area (Å²) in [5, 5.41) is 11.0. The van der Waals surface area contributed by atoms with Gasteiger partial charge in [0.2, 0.25) is 10.0 Å². The van der Waals surface area contributed by atoms with Crippen molar-refractivity contribution in [1.82, 2.24) is 14.3 Å². The number of hydrogen-bond donors (Lipinski definition) is 1. The number of fused-ring (bicyclic) bond motifs is 1. The summed E-state index contributed by atoms with van der Waals surface area (Å²) in [6, 6.07) is 15.1. The topological polar surface area (TPSA) is 83.4 Å². The van der Waals surface area contributed by atoms with Gasteiger partial charge in [0.25, 0.3) is 0 Å². The Labute approximate surface area is 158 Å². The van der Waals surface area contributed by atoms with Crippen molar-refractivity contribution < 1.29 is 13.5 Å². The maximum atomic E-state index is 13.3. The highest BCUT2D eigenvalue weighted by Gasteiger charge is 2.43. The zero-order valence-corrected chi connectivity index (χ0v) is 15.3. The number of benzene rings is 1. The molecule has 2 atom stereocenters. The highest BCUT2D eigenvalue weighted by Crippen LogP contribution is 2.38. The van der Waals surface area contributed by atoms with Crippen LogP contribution in [0.1, 0.15) is 22.9 Å². The van der Waals surface area contributed by atoms with Crippen molar-refractivity contribution in [2.75, 3.05) is 0 Å². The van der Waals surface area contributed by atoms with E-state index in [0.29, 0.717) is 12.0 Å². The molecule has 138 valence electrons. The molecule has 3 heterocycles. The van der Waals surface area contributed by atoms with Gasteiger partial charge in [-0.25, -0.2) is 8.42 Å². The van der Waals surface area contributed by atoms with Gasteiger partial charge in [0.15, 0.2) is 0 Å². The zero-order valence-electron chi connectivity index (χ0n) is 14.5. The summed E-state index contributed by atoms with van der Waals surface area (Å²) in [6.07, 6.45) is 4.32. The van der Waals surface area contributed by atoms with Gasteiger partial charge in [-0.05, 0) is 29.8 Å². The summed E-state index contributed by atoms with van der Waals surface area (Å²) in [4.78, 5) is 8.53. The van der Waals surface area contributed by atoms with Crippen LogP contribution in [0.4, 0.5) is 0 Å². The number of aromatic nitrogens is 2. The van der Waals surface area contributed by atoms with Crippen molar-refractivity contribution in [2.45, 2.75) is 30.0 Å². The van der Waals surface area contributed by atoms with Gasteiger partial charge in [-0.2, -0.15) is 4.31 Å². The maximum Gasteiger partial charge on any atom is 0.244 e. The number of aliphatic hydroxyl groups excluding tert-OH is 1. The van der Waals surface area contributed by atoms with E-state index in [1.54, 1.807) is 55.0 Å². The van der Waals surface area contributed by atoms with E-state index in [4.69, 9.17) is 0 Å². The van der Waals surface area contributed by atoms with Crippen LogP contribution < -0.4 is 0 Å². The summed E-state index contributed by atoms with van der Waals surface area (Å²) >= 11 is 0. The van der Waals surface area contributed by atoms with E-state index in [-0.39, 0.29) is 11.4 Å². The second kappa shape index (κ2) is 7.19. The quantitative estimate of drug-likeness (QED) is 0.750. The fraction of sp³-hybridized carbons (Fsp3) is 0.200. The normalized spacial score (nSPS) is 21.5. The largest absolute Gasteiger partial charge is 0.387 e. The SMILES string of the molecule is O=S1(=O)c2ccccc2[C@H](O)[C@@H](Cc2ccccn2)N1Cc1cccnc1. The number of pyridine rings is 2. The summed E-state index contributed by atoms with van der Waals surface area (Å²) in [7, 11) is -3.77. The maximum absolute atomic E-state index is 13.3. The van der Waals surface area contributed by atoms with Crippen molar-refractivity contribution in [1.29, 1.82) is 0 Å². The molecule has 6 nitrogen and oxygen atoms in total. The average Bonchev–Trinajstić information content (AvgIpc) is 2.71. The Balaban J connectivity index is 1.80. The third kappa shape index (κ3) is 3.37. The fourth-order valence-corrected chi connectivity index (χ4v) is 5.30. The second-order valence-electron chi connectivity index (χ2n) is 6.49. The van der Waals surface area contributed by atoms with Crippen molar-refractivity contribution in [3.05, 3.63) is 90.0 Å². The molecule has 0 saturated carbocycles. The number of sulfonamides is 1. The van der Waals surface area contributed by atoms with Crippen molar-refractivity contribution in [3.8, 4) is 0 Å². The first-order valence-corrected chi connectivity index (χ1v) is 10.1. The molecular formula is C20H19N3O3S. The Hall–Kier alpha value is -2.61. The molecule has 1 aliphatic rings. The minimum absolute atomic E-state index is 0.138. The fourth-order valence-electron chi connectivity index (χ4n) is 3.45. The zero-order chi connectivity index (χ0) is 18.9. The molecule has 0 aliphatic carbocycles. The van der Waals surface area contributed by atoms with Crippen LogP contribution in [0.15, 0.2) is 78.1 Å². The minimum atomic E-state index is -3.77. The molecule has 3 aromatic rings. The molecule has 1 aliphatic heterocycles. The van der Waals surface area contributed by atoms with Gasteiger partial charge in [0.05, 0.1) is 17.0 Å². The lowest BCUT2D eigenvalue weighted by Crippen LogP contribution is -2.48. The lowest BCUT2D eigenvalue weighted by atomic mass is 9.97. The van der Waals surface area contributed by atoms with E-state index in [9.17, 15) is 13.5 Å². The third-order valence-corrected chi connectivity index (χ3v) is 6.71. The van der Waals surface area contributed by atoms with Crippen LogP contribution in [0.25, 0.3) is 0 Å². The first-order valence-electron chi connectivity index (χ1n) is 8.65. The van der Waals surface area contributed by atoms with Gasteiger partial charge < -0.3 is 5.11 Å². The molecule has 0 radical (unpaired) electrons. The van der Waals surface area contributed by atoms with Crippen LogP contribution in [0.2, 0.25) is 0 Å². The van der Waals surface area contributed by atoms with Crippen LogP contribution in [-0.2, 0) is 23.0 Å². The first kappa shape index (κ1) is 17.8. The van der Waals surface area contributed by atoms with Crippen LogP contribution in [0.5, 0.6) is 0 Å². The number of rotatable bonds is 4. The van der Waals surface area contributed by atoms with Crippen LogP contribution >= 0.6 is 0 Å². The summed E-state index contributed by atoms with van der Waals surface area (Å²) < 4.78 is 28.0. The van der Waals surface area contributed by atoms with Gasteiger partial charge in [0, 0.05) is 42.8 Å². The molecule has 7 heteroatoms. The molecule has 0 bridgehead atoms. The molecular weight excluding hydrogens is 362 g/mol. The van der Waals surface area contributed by atoms with Crippen molar-refractivity contribution >= 4 is 10.0 Å². The molecule has 1 N–H and O–H groups in total. The van der Waals surface area contributed by atoms with Gasteiger partial charge >= 0.3 is 0 Å². The lowest BCUT2D eigenvalue weighted by Gasteiger charge is -2.39. The predicted molar refractivity (Wildman–Crippen MR) is 100 cm³/mol. The Morgan fingerprint density at radius 2 is 1.81 bits per heavy atom. The van der Waals surface area contributed by atoms with E-state index < -0.39 is 22.2 Å². The van der Waals surface area contributed by atoms with E-state index in [0.717, 1.165) is 11.3 Å². The molecule has 0 unspecified atom stereocenters. The summed E-state index contributed by atoms with van der Waals surface area (Å²) in [6.45, 7) is 0.138. The van der Waals surface area contributed by atoms with Crippen LogP contribution in [-0.4, -0.2) is 33.8 Å². The van der Waals surface area contributed by atoms with Crippen molar-refractivity contribution in [3.63, 3.8) is 0 Å². The number of hydrogen-bond acceptors (Lipinski definition) is 5. The van der Waals surface area contributed by atoms with Gasteiger partial charge in [-0.3, -0.25) is 9.97 Å². The van der Waals surface area contributed by atoms with Crippen LogP contribution in [0, 0.1) is 0 Å². The van der Waals surface area contributed by atoms with E-state index in [2.05, 4.69) is 9.97 Å². The first-order chi connectivity index (χ1) is 13.1. The molecule has 4 rings (SSSR count). The molecule has 0 saturated heterocycles. The van der Waals surface area contributed by atoms with Gasteiger partial charge in [-0.1, -0.05) is 30.3 Å². The Morgan fingerprint density at radius 1 is 1.00 bits per heavy atom. The highest BCUT2D eigenvalue weighted by atomic mass is 32.2. The average molecular weight is 381 g/mol. The Kier molecular flexibility index (Phi) is 4.73. The third-order valence-electron chi connectivity index (χ3n) is 4.76. The van der Waals surface area contributed by atoms with E-state index >= 15 is 0 Å². The molecule has 1 aromatic carbocycles. The predicted octanol–water partition coefficient (Wildman–Crippen LogP) is 2.33. The number of aliphatic hydroxyl groups is 1. The standard InChI is InChI=1S/C20H19N3O3S/c24-20-17-8-1-2-9-19(17)27(25,26)23(14-15-6-5-10-21-13-15)18(20)12-16-7-3-4-11-22-16/h1-11,13,18,20,24H,12,14H2/t18-,20+/m1/s1. The Morgan fingerprint density at radius 3 is 2.56 bits per heavy atom. The second-order valence-corrected chi connectivity index (χ2v) is 8.35. The molecule has 0 spiro atoms. The Bertz CT molecular complexity index is 1030. The lowest BCUT2D eigenvalue weighted by molar-refractivity contribution is 0.0764. The highest BCUT2D eigenvalue weighted by molar-refractivity contribution is 7.89. The molecule has 2 aromatic heterocycles. The summed E-state index contributed by atoms with van der Waals surface area (Å²) in [5.41, 5.74) is 1.92. The van der Waals surface area contributed by atoms with E-state index in [1.165, 1.54) is 4.31 Å². The van der Waals surface area contributed by atoms with Gasteiger partial charge in [-0.15, -0.1) is 0 Å². The smallest absolute Gasteiger partial charge is 0.244 e. The summed E-state index contributed by atoms with van der Waals surface area (Å²) in [5.74, 6) is 0. The molecule has 27 heavy (non-hydrogen) atoms. The monoisotopic (exact) mass is 381 g/mol. The number of nitrogens with zero attached hydrogens (tertiary/aromatic N) is 3. The van der Waals surface area contributed by atoms with Gasteiger partial charge in [0.1, 0.15) is 0 Å². The molecule has 0 fully saturated rings. The van der Waals surface area contributed by atoms with Crippen LogP contribution in [0.3, 0.4) is 0 Å².